The van der Waals surface area contributed by atoms with Crippen molar-refractivity contribution in [3.63, 3.8) is 0 Å². The third-order valence-electron chi connectivity index (χ3n) is 3.67. The first-order chi connectivity index (χ1) is 14.1. The Bertz CT molecular complexity index is 1000. The number of aromatic nitrogens is 2. The Kier molecular flexibility index (Phi) is 8.01. The van der Waals surface area contributed by atoms with E-state index in [1.807, 2.05) is 12.1 Å². The van der Waals surface area contributed by atoms with Crippen molar-refractivity contribution in [3.05, 3.63) is 104 Å². The number of pyridine rings is 2. The molecule has 2 rings (SSSR count). The molecule has 0 saturated heterocycles. The predicted octanol–water partition coefficient (Wildman–Crippen LogP) is 5.01. The van der Waals surface area contributed by atoms with Crippen LogP contribution in [0.15, 0.2) is 97.7 Å². The van der Waals surface area contributed by atoms with Gasteiger partial charge >= 0.3 is 0 Å². The van der Waals surface area contributed by atoms with E-state index in [1.165, 1.54) is 0 Å². The average Bonchev–Trinajstić information content (AvgIpc) is 2.73. The van der Waals surface area contributed by atoms with Crippen molar-refractivity contribution in [1.82, 2.24) is 9.97 Å². The summed E-state index contributed by atoms with van der Waals surface area (Å²) in [5.41, 5.74) is 2.69. The number of hydrogen-bond donors (Lipinski definition) is 2. The molecule has 146 valence electrons. The molecule has 0 atom stereocenters. The van der Waals surface area contributed by atoms with Crippen molar-refractivity contribution >= 4 is 29.2 Å². The molecule has 0 spiro atoms. The number of rotatable bonds is 9. The van der Waals surface area contributed by atoms with Crippen LogP contribution in [0.3, 0.4) is 0 Å². The maximum absolute atomic E-state index is 12.7. The van der Waals surface area contributed by atoms with Crippen LogP contribution in [0.4, 0.5) is 11.5 Å². The van der Waals surface area contributed by atoms with Gasteiger partial charge in [-0.15, -0.1) is 0 Å². The molecule has 6 heteroatoms. The molecular weight excluding hydrogens is 362 g/mol. The van der Waals surface area contributed by atoms with E-state index in [-0.39, 0.29) is 5.91 Å². The van der Waals surface area contributed by atoms with E-state index in [0.29, 0.717) is 22.9 Å². The van der Waals surface area contributed by atoms with Crippen molar-refractivity contribution in [3.8, 4) is 0 Å². The number of nitrogens with one attached hydrogen (secondary N) is 2. The summed E-state index contributed by atoms with van der Waals surface area (Å²) in [7, 11) is 0. The summed E-state index contributed by atoms with van der Waals surface area (Å²) in [4.78, 5) is 25.3. The minimum atomic E-state index is -0.282. The lowest BCUT2D eigenvalue weighted by atomic mass is 10.1. The highest BCUT2D eigenvalue weighted by molar-refractivity contribution is 6.04. The van der Waals surface area contributed by atoms with Crippen LogP contribution in [-0.2, 0) is 0 Å². The second-order valence-corrected chi connectivity index (χ2v) is 5.71. The van der Waals surface area contributed by atoms with Crippen molar-refractivity contribution in [2.75, 3.05) is 10.6 Å². The predicted molar refractivity (Wildman–Crippen MR) is 121 cm³/mol. The van der Waals surface area contributed by atoms with Crippen molar-refractivity contribution in [1.29, 1.82) is 0 Å². The largest absolute Gasteiger partial charge is 0.325 e. The lowest BCUT2D eigenvalue weighted by Crippen LogP contribution is -2.13. The first kappa shape index (κ1) is 21.2. The molecule has 0 radical (unpaired) electrons. The van der Waals surface area contributed by atoms with Gasteiger partial charge in [-0.3, -0.25) is 9.78 Å². The maximum Gasteiger partial charge on any atom is 0.255 e. The van der Waals surface area contributed by atoms with Gasteiger partial charge in [-0.05, 0) is 36.8 Å². The van der Waals surface area contributed by atoms with Gasteiger partial charge in [0.2, 0.25) is 0 Å². The van der Waals surface area contributed by atoms with E-state index in [2.05, 4.69) is 45.3 Å². The van der Waals surface area contributed by atoms with E-state index >= 15 is 0 Å². The second kappa shape index (κ2) is 10.9. The lowest BCUT2D eigenvalue weighted by Gasteiger charge is -2.09. The van der Waals surface area contributed by atoms with Crippen molar-refractivity contribution < 1.29 is 4.79 Å². The number of amides is 1. The normalized spacial score (nSPS) is 11.8. The van der Waals surface area contributed by atoms with Crippen LogP contribution in [0, 0.1) is 0 Å². The standard InChI is InChI=1S/C23H23N5O/c1-5-9-17(7-3)19-13-20(16-24-15-19)27-23(29)18-11-12-26-22(14-18)28-21(10-6-2)25-8-4/h5-16H,1-3H2,4H3,(H,26,28)(H,27,29)/b17-9+,21-10+,25-8-. The third-order valence-corrected chi connectivity index (χ3v) is 3.67. The molecule has 0 unspecified atom stereocenters. The summed E-state index contributed by atoms with van der Waals surface area (Å²) >= 11 is 0. The van der Waals surface area contributed by atoms with Crippen LogP contribution in [0.2, 0.25) is 0 Å². The first-order valence-electron chi connectivity index (χ1n) is 8.87. The maximum atomic E-state index is 12.7. The molecule has 29 heavy (non-hydrogen) atoms. The highest BCUT2D eigenvalue weighted by Crippen LogP contribution is 2.19. The van der Waals surface area contributed by atoms with Gasteiger partial charge in [0.15, 0.2) is 0 Å². The fourth-order valence-electron chi connectivity index (χ4n) is 2.42. The molecule has 2 heterocycles. The van der Waals surface area contributed by atoms with E-state index in [1.54, 1.807) is 68.2 Å². The molecule has 0 aliphatic carbocycles. The highest BCUT2D eigenvalue weighted by atomic mass is 16.1. The Hall–Kier alpha value is -4.06. The van der Waals surface area contributed by atoms with Crippen LogP contribution in [0.1, 0.15) is 22.8 Å². The SMILES string of the molecule is C=C/C=C(\N=C/C)Nc1cc(C(=O)Nc2cncc(/C(C=C)=C/C=C)c2)ccn1. The number of carbonyl (C=O) groups excluding carboxylic acids is 1. The third kappa shape index (κ3) is 6.25. The number of allylic oxidation sites excluding steroid dienone is 6. The molecule has 0 fully saturated rings. The number of carbonyl (C=O) groups is 1. The minimum Gasteiger partial charge on any atom is -0.325 e. The number of aliphatic imine (C=N–C) groups is 1. The van der Waals surface area contributed by atoms with Crippen LogP contribution < -0.4 is 10.6 Å². The summed E-state index contributed by atoms with van der Waals surface area (Å²) in [6.07, 6.45) is 15.0. The Morgan fingerprint density at radius 3 is 2.55 bits per heavy atom. The lowest BCUT2D eigenvalue weighted by molar-refractivity contribution is 0.102. The van der Waals surface area contributed by atoms with E-state index in [4.69, 9.17) is 0 Å². The Balaban J connectivity index is 2.21. The fourth-order valence-corrected chi connectivity index (χ4v) is 2.42. The van der Waals surface area contributed by atoms with E-state index < -0.39 is 0 Å². The average molecular weight is 385 g/mol. The highest BCUT2D eigenvalue weighted by Gasteiger charge is 2.09. The van der Waals surface area contributed by atoms with Gasteiger partial charge in [-0.2, -0.15) is 0 Å². The molecule has 2 N–H and O–H groups in total. The molecule has 6 nitrogen and oxygen atoms in total. The van der Waals surface area contributed by atoms with E-state index in [0.717, 1.165) is 11.1 Å². The second-order valence-electron chi connectivity index (χ2n) is 5.71. The van der Waals surface area contributed by atoms with E-state index in [9.17, 15) is 4.79 Å². The van der Waals surface area contributed by atoms with Gasteiger partial charge < -0.3 is 10.6 Å². The molecule has 1 amide bonds. The van der Waals surface area contributed by atoms with Gasteiger partial charge in [0.25, 0.3) is 5.91 Å². The van der Waals surface area contributed by atoms with Gasteiger partial charge in [0.1, 0.15) is 11.6 Å². The van der Waals surface area contributed by atoms with Crippen LogP contribution in [-0.4, -0.2) is 22.1 Å². The summed E-state index contributed by atoms with van der Waals surface area (Å²) in [6, 6.07) is 5.09. The van der Waals surface area contributed by atoms with Crippen LogP contribution >= 0.6 is 0 Å². The zero-order valence-electron chi connectivity index (χ0n) is 16.3. The Morgan fingerprint density at radius 2 is 1.86 bits per heavy atom. The van der Waals surface area contributed by atoms with Crippen LogP contribution in [0.5, 0.6) is 0 Å². The monoisotopic (exact) mass is 385 g/mol. The molecule has 0 bridgehead atoms. The van der Waals surface area contributed by atoms with Gasteiger partial charge in [-0.1, -0.05) is 44.0 Å². The molecule has 0 saturated carbocycles. The van der Waals surface area contributed by atoms with Crippen LogP contribution in [0.25, 0.3) is 5.57 Å². The molecule has 0 aliphatic heterocycles. The van der Waals surface area contributed by atoms with Crippen molar-refractivity contribution in [2.45, 2.75) is 6.92 Å². The number of hydrogen-bond acceptors (Lipinski definition) is 5. The zero-order chi connectivity index (χ0) is 21.1. The van der Waals surface area contributed by atoms with Crippen molar-refractivity contribution in [2.24, 2.45) is 4.99 Å². The Morgan fingerprint density at radius 1 is 1.07 bits per heavy atom. The first-order valence-corrected chi connectivity index (χ1v) is 8.87. The molecular formula is C23H23N5O. The molecule has 2 aromatic rings. The Labute approximate surface area is 170 Å². The number of nitrogens with zero attached hydrogens (tertiary/aromatic N) is 3. The van der Waals surface area contributed by atoms with Gasteiger partial charge in [-0.25, -0.2) is 9.98 Å². The molecule has 0 aliphatic rings. The quantitative estimate of drug-likeness (QED) is 0.469. The minimum absolute atomic E-state index is 0.282. The molecule has 0 aromatic carbocycles. The number of anilines is 2. The summed E-state index contributed by atoms with van der Waals surface area (Å²) in [5, 5.41) is 5.89. The summed E-state index contributed by atoms with van der Waals surface area (Å²) in [6.45, 7) is 12.9. The topological polar surface area (TPSA) is 79.3 Å². The fraction of sp³-hybridized carbons (Fsp3) is 0.0435. The zero-order valence-corrected chi connectivity index (χ0v) is 16.3. The smallest absolute Gasteiger partial charge is 0.255 e. The summed E-state index contributed by atoms with van der Waals surface area (Å²) < 4.78 is 0. The molecule has 2 aromatic heterocycles. The summed E-state index contributed by atoms with van der Waals surface area (Å²) in [5.74, 6) is 0.775. The van der Waals surface area contributed by atoms with Gasteiger partial charge in [0, 0.05) is 29.7 Å². The van der Waals surface area contributed by atoms with Gasteiger partial charge in [0.05, 0.1) is 11.9 Å².